The Morgan fingerprint density at radius 1 is 1.15 bits per heavy atom. The number of urea groups is 1. The summed E-state index contributed by atoms with van der Waals surface area (Å²) in [5.74, 6) is 1.03. The number of anilines is 1. The lowest BCUT2D eigenvalue weighted by Gasteiger charge is -2.37. The minimum Gasteiger partial charge on any atom is -0.325 e. The lowest BCUT2D eigenvalue weighted by atomic mass is 10.1. The molecule has 2 unspecified atom stereocenters. The summed E-state index contributed by atoms with van der Waals surface area (Å²) in [4.78, 5) is 28.3. The van der Waals surface area contributed by atoms with E-state index in [9.17, 15) is 9.59 Å². The van der Waals surface area contributed by atoms with Crippen molar-refractivity contribution in [1.29, 1.82) is 0 Å². The van der Waals surface area contributed by atoms with Crippen LogP contribution in [0.2, 0.25) is 0 Å². The Morgan fingerprint density at radius 2 is 1.88 bits per heavy atom. The van der Waals surface area contributed by atoms with E-state index >= 15 is 0 Å². The van der Waals surface area contributed by atoms with E-state index in [1.165, 1.54) is 0 Å². The summed E-state index contributed by atoms with van der Waals surface area (Å²) in [5.41, 5.74) is 2.07. The van der Waals surface area contributed by atoms with Crippen LogP contribution in [0.15, 0.2) is 24.3 Å². The van der Waals surface area contributed by atoms with Gasteiger partial charge in [0.1, 0.15) is 6.17 Å². The number of amides is 3. The van der Waals surface area contributed by atoms with Crippen molar-refractivity contribution in [2.75, 3.05) is 18.5 Å². The van der Waals surface area contributed by atoms with Gasteiger partial charge < -0.3 is 9.80 Å². The van der Waals surface area contributed by atoms with Gasteiger partial charge in [-0.1, -0.05) is 43.2 Å². The normalized spacial score (nSPS) is 21.7. The summed E-state index contributed by atoms with van der Waals surface area (Å²) in [5, 5.41) is 11.2. The first-order valence-electron chi connectivity index (χ1n) is 8.89. The van der Waals surface area contributed by atoms with E-state index in [1.54, 1.807) is 11.9 Å². The molecular formula is C18H22N6O2. The van der Waals surface area contributed by atoms with Crippen molar-refractivity contribution in [2.45, 2.75) is 38.9 Å². The number of aromatic nitrogens is 3. The second kappa shape index (κ2) is 6.12. The predicted molar refractivity (Wildman–Crippen MR) is 96.6 cm³/mol. The third-order valence-electron chi connectivity index (χ3n) is 5.10. The lowest BCUT2D eigenvalue weighted by molar-refractivity contribution is -0.124. The number of unbranched alkanes of at least 4 members (excludes halogenated alkanes) is 1. The van der Waals surface area contributed by atoms with Crippen LogP contribution in [0.3, 0.4) is 0 Å². The van der Waals surface area contributed by atoms with Crippen molar-refractivity contribution >= 4 is 17.9 Å². The van der Waals surface area contributed by atoms with E-state index < -0.39 is 18.2 Å². The molecule has 136 valence electrons. The number of benzene rings is 1. The molecule has 1 N–H and O–H groups in total. The van der Waals surface area contributed by atoms with E-state index in [2.05, 4.69) is 22.4 Å². The van der Waals surface area contributed by atoms with E-state index in [-0.39, 0.29) is 5.91 Å². The van der Waals surface area contributed by atoms with Crippen LogP contribution in [0.1, 0.15) is 31.5 Å². The first kappa shape index (κ1) is 16.6. The molecule has 3 heterocycles. The molecule has 2 aliphatic rings. The van der Waals surface area contributed by atoms with Crippen LogP contribution in [0.4, 0.5) is 10.7 Å². The Morgan fingerprint density at radius 3 is 2.58 bits per heavy atom. The molecule has 8 heteroatoms. The average molecular weight is 354 g/mol. The summed E-state index contributed by atoms with van der Waals surface area (Å²) >= 11 is 0. The molecule has 0 spiro atoms. The van der Waals surface area contributed by atoms with Crippen LogP contribution >= 0.6 is 0 Å². The Hall–Kier alpha value is -2.90. The molecule has 0 radical (unpaired) electrons. The fourth-order valence-electron chi connectivity index (χ4n) is 3.67. The third kappa shape index (κ3) is 2.36. The van der Waals surface area contributed by atoms with Gasteiger partial charge in [0.25, 0.3) is 5.91 Å². The molecule has 1 aromatic carbocycles. The summed E-state index contributed by atoms with van der Waals surface area (Å²) in [6, 6.07) is 7.12. The highest BCUT2D eigenvalue weighted by Gasteiger charge is 2.52. The van der Waals surface area contributed by atoms with Gasteiger partial charge in [0, 0.05) is 19.2 Å². The zero-order chi connectivity index (χ0) is 18.4. The fraction of sp³-hybridized carbons (Fsp3) is 0.444. The molecule has 1 fully saturated rings. The highest BCUT2D eigenvalue weighted by atomic mass is 16.2. The van der Waals surface area contributed by atoms with E-state index in [4.69, 9.17) is 0 Å². The first-order valence-corrected chi connectivity index (χ1v) is 8.89. The van der Waals surface area contributed by atoms with Gasteiger partial charge >= 0.3 is 6.03 Å². The highest BCUT2D eigenvalue weighted by Crippen LogP contribution is 2.40. The predicted octanol–water partition coefficient (Wildman–Crippen LogP) is 1.92. The number of nitrogens with zero attached hydrogens (tertiary/aromatic N) is 5. The van der Waals surface area contributed by atoms with Gasteiger partial charge in [-0.25, -0.2) is 4.79 Å². The quantitative estimate of drug-likeness (QED) is 0.907. The zero-order valence-corrected chi connectivity index (χ0v) is 15.1. The van der Waals surface area contributed by atoms with Crippen LogP contribution in [0.5, 0.6) is 0 Å². The van der Waals surface area contributed by atoms with Gasteiger partial charge in [0.2, 0.25) is 5.95 Å². The number of imide groups is 1. The van der Waals surface area contributed by atoms with Gasteiger partial charge in [-0.2, -0.15) is 0 Å². The maximum atomic E-state index is 12.6. The second-order valence-electron chi connectivity index (χ2n) is 6.87. The van der Waals surface area contributed by atoms with Crippen molar-refractivity contribution in [3.63, 3.8) is 0 Å². The monoisotopic (exact) mass is 354 g/mol. The van der Waals surface area contributed by atoms with Crippen LogP contribution in [0.25, 0.3) is 11.4 Å². The first-order chi connectivity index (χ1) is 12.5. The number of hydrogen-bond acceptors (Lipinski definition) is 5. The maximum Gasteiger partial charge on any atom is 0.325 e. The minimum absolute atomic E-state index is 0.283. The molecule has 2 atom stereocenters. The standard InChI is InChI=1S/C18H22N6O2/c1-4-5-10-23-13-15(25)19-18(26)22(3)16(13)24-14(20-21-17(23)24)12-8-6-11(2)7-9-12/h6-9,13,16H,4-5,10H2,1-3H3,(H,19,25,26). The van der Waals surface area contributed by atoms with Crippen molar-refractivity contribution in [1.82, 2.24) is 25.0 Å². The van der Waals surface area contributed by atoms with Crippen molar-refractivity contribution in [2.24, 2.45) is 0 Å². The highest BCUT2D eigenvalue weighted by molar-refractivity contribution is 6.02. The molecule has 2 aliphatic heterocycles. The smallest absolute Gasteiger partial charge is 0.325 e. The van der Waals surface area contributed by atoms with Crippen molar-refractivity contribution in [3.8, 4) is 11.4 Å². The average Bonchev–Trinajstić information content (AvgIpc) is 3.17. The zero-order valence-electron chi connectivity index (χ0n) is 15.1. The van der Waals surface area contributed by atoms with Crippen LogP contribution in [-0.4, -0.2) is 51.2 Å². The number of likely N-dealkylation sites (N-methyl/N-ethyl adjacent to an activating group) is 1. The largest absolute Gasteiger partial charge is 0.325 e. The number of aryl methyl sites for hydroxylation is 1. The van der Waals surface area contributed by atoms with Crippen LogP contribution in [-0.2, 0) is 4.79 Å². The molecule has 3 amide bonds. The number of carbonyl (C=O) groups is 2. The molecule has 1 aromatic heterocycles. The SMILES string of the molecule is CCCCN1c2nnc(-c3ccc(C)cc3)n2C2C1C(=O)NC(=O)N2C. The number of rotatable bonds is 4. The second-order valence-corrected chi connectivity index (χ2v) is 6.87. The third-order valence-corrected chi connectivity index (χ3v) is 5.10. The molecule has 0 aliphatic carbocycles. The summed E-state index contributed by atoms with van der Waals surface area (Å²) in [6.45, 7) is 4.82. The van der Waals surface area contributed by atoms with Crippen molar-refractivity contribution in [3.05, 3.63) is 29.8 Å². The molecule has 4 rings (SSSR count). The number of carbonyl (C=O) groups excluding carboxylic acids is 2. The summed E-state index contributed by atoms with van der Waals surface area (Å²) in [7, 11) is 1.70. The van der Waals surface area contributed by atoms with Crippen LogP contribution in [0, 0.1) is 6.92 Å². The maximum absolute atomic E-state index is 12.6. The fourth-order valence-corrected chi connectivity index (χ4v) is 3.67. The molecule has 0 saturated carbocycles. The number of nitrogens with one attached hydrogen (secondary N) is 1. The minimum atomic E-state index is -0.487. The molecule has 2 aromatic rings. The Kier molecular flexibility index (Phi) is 3.90. The van der Waals surface area contributed by atoms with Gasteiger partial charge in [-0.15, -0.1) is 10.2 Å². The number of fused-ring (bicyclic) bond motifs is 3. The molecule has 0 bridgehead atoms. The Balaban J connectivity index is 1.84. The molecule has 1 saturated heterocycles. The summed E-state index contributed by atoms with van der Waals surface area (Å²) in [6.07, 6.45) is 1.49. The molecule has 26 heavy (non-hydrogen) atoms. The molecular weight excluding hydrogens is 332 g/mol. The van der Waals surface area contributed by atoms with E-state index in [0.717, 1.165) is 24.0 Å². The van der Waals surface area contributed by atoms with E-state index in [0.29, 0.717) is 18.3 Å². The van der Waals surface area contributed by atoms with Gasteiger partial charge in [-0.05, 0) is 13.3 Å². The van der Waals surface area contributed by atoms with Crippen molar-refractivity contribution < 1.29 is 9.59 Å². The lowest BCUT2D eigenvalue weighted by Crippen LogP contribution is -2.61. The summed E-state index contributed by atoms with van der Waals surface area (Å²) < 4.78 is 1.92. The Labute approximate surface area is 151 Å². The van der Waals surface area contributed by atoms with Crippen LogP contribution < -0.4 is 10.2 Å². The Bertz CT molecular complexity index is 859. The molecule has 8 nitrogen and oxygen atoms in total. The van der Waals surface area contributed by atoms with Gasteiger partial charge in [0.15, 0.2) is 11.9 Å². The topological polar surface area (TPSA) is 83.4 Å². The van der Waals surface area contributed by atoms with Gasteiger partial charge in [-0.3, -0.25) is 14.7 Å². The number of hydrogen-bond donors (Lipinski definition) is 1. The van der Waals surface area contributed by atoms with E-state index in [1.807, 2.05) is 40.7 Å². The van der Waals surface area contributed by atoms with Gasteiger partial charge in [0.05, 0.1) is 0 Å².